The highest BCUT2D eigenvalue weighted by molar-refractivity contribution is 7.89. The van der Waals surface area contributed by atoms with Gasteiger partial charge in [-0.05, 0) is 69.4 Å². The van der Waals surface area contributed by atoms with E-state index < -0.39 is 10.0 Å². The van der Waals surface area contributed by atoms with Gasteiger partial charge in [0, 0.05) is 5.92 Å². The molecule has 1 aliphatic heterocycles. The van der Waals surface area contributed by atoms with Crippen molar-refractivity contribution in [1.29, 1.82) is 0 Å². The van der Waals surface area contributed by atoms with E-state index in [2.05, 4.69) is 15.4 Å². The summed E-state index contributed by atoms with van der Waals surface area (Å²) in [6, 6.07) is 6.49. The Balaban J connectivity index is 0.00000225. The van der Waals surface area contributed by atoms with Crippen LogP contribution in [0.25, 0.3) is 0 Å². The molecule has 2 atom stereocenters. The predicted molar refractivity (Wildman–Crippen MR) is 99.1 cm³/mol. The minimum absolute atomic E-state index is 0. The molecule has 6 nitrogen and oxygen atoms in total. The molecule has 1 saturated carbocycles. The molecule has 2 unspecified atom stereocenters. The summed E-state index contributed by atoms with van der Waals surface area (Å²) in [5, 5.41) is 6.39. The van der Waals surface area contributed by atoms with Gasteiger partial charge in [0.15, 0.2) is 0 Å². The highest BCUT2D eigenvalue weighted by atomic mass is 35.5. The van der Waals surface area contributed by atoms with Gasteiger partial charge in [0.05, 0.1) is 10.9 Å². The summed E-state index contributed by atoms with van der Waals surface area (Å²) in [6.45, 7) is 3.87. The van der Waals surface area contributed by atoms with Crippen molar-refractivity contribution in [1.82, 2.24) is 15.4 Å². The van der Waals surface area contributed by atoms with Gasteiger partial charge in [-0.1, -0.05) is 12.1 Å². The minimum Gasteiger partial charge on any atom is -0.349 e. The number of halogens is 1. The van der Waals surface area contributed by atoms with Crippen LogP contribution in [0.15, 0.2) is 29.2 Å². The lowest BCUT2D eigenvalue weighted by molar-refractivity contribution is -0.123. The van der Waals surface area contributed by atoms with Gasteiger partial charge in [-0.25, -0.2) is 13.1 Å². The summed E-state index contributed by atoms with van der Waals surface area (Å²) in [7, 11) is -2.09. The van der Waals surface area contributed by atoms with Crippen LogP contribution in [-0.4, -0.2) is 34.5 Å². The highest BCUT2D eigenvalue weighted by Gasteiger charge is 2.57. The standard InChI is InChI=1S/C17H25N3O3S.ClH/c1-12(13-4-3-5-14(10-13)24(22,23)18-2)20-16(21)15-11-17(15)6-8-19-9-7-17;/h3-5,10,12,15,18-19H,6-9,11H2,1-2H3,(H,20,21);1H. The number of piperidine rings is 1. The van der Waals surface area contributed by atoms with E-state index in [1.54, 1.807) is 18.2 Å². The number of nitrogens with one attached hydrogen (secondary N) is 3. The monoisotopic (exact) mass is 387 g/mol. The van der Waals surface area contributed by atoms with Gasteiger partial charge in [0.2, 0.25) is 15.9 Å². The van der Waals surface area contributed by atoms with E-state index in [1.807, 2.05) is 13.0 Å². The van der Waals surface area contributed by atoms with Crippen LogP contribution in [0, 0.1) is 11.3 Å². The number of amides is 1. The third kappa shape index (κ3) is 4.16. The Kier molecular flexibility index (Phi) is 6.14. The van der Waals surface area contributed by atoms with Crippen molar-refractivity contribution in [3.63, 3.8) is 0 Å². The average molecular weight is 388 g/mol. The topological polar surface area (TPSA) is 87.3 Å². The third-order valence-electron chi connectivity index (χ3n) is 5.40. The van der Waals surface area contributed by atoms with E-state index in [4.69, 9.17) is 0 Å². The maximum Gasteiger partial charge on any atom is 0.240 e. The van der Waals surface area contributed by atoms with Crippen LogP contribution in [0.1, 0.15) is 37.8 Å². The van der Waals surface area contributed by atoms with E-state index in [1.165, 1.54) is 7.05 Å². The van der Waals surface area contributed by atoms with Gasteiger partial charge in [0.1, 0.15) is 0 Å². The van der Waals surface area contributed by atoms with Crippen molar-refractivity contribution >= 4 is 28.3 Å². The Morgan fingerprint density at radius 1 is 1.32 bits per heavy atom. The zero-order valence-corrected chi connectivity index (χ0v) is 16.2. The average Bonchev–Trinajstić information content (AvgIpc) is 3.28. The molecule has 1 amide bonds. The Hall–Kier alpha value is -1.15. The predicted octanol–water partition coefficient (Wildman–Crippen LogP) is 1.58. The van der Waals surface area contributed by atoms with E-state index in [0.717, 1.165) is 37.9 Å². The van der Waals surface area contributed by atoms with Crippen LogP contribution in [0.4, 0.5) is 0 Å². The van der Waals surface area contributed by atoms with Crippen molar-refractivity contribution in [2.24, 2.45) is 11.3 Å². The quantitative estimate of drug-likeness (QED) is 0.715. The first-order valence-corrected chi connectivity index (χ1v) is 9.91. The molecule has 3 N–H and O–H groups in total. The molecular formula is C17H26ClN3O3S. The Labute approximate surface area is 155 Å². The molecule has 8 heteroatoms. The number of carbonyl (C=O) groups excluding carboxylic acids is 1. The highest BCUT2D eigenvalue weighted by Crippen LogP contribution is 2.58. The number of sulfonamides is 1. The second kappa shape index (κ2) is 7.61. The molecule has 2 aliphatic rings. The maximum atomic E-state index is 12.5. The van der Waals surface area contributed by atoms with Gasteiger partial charge in [-0.3, -0.25) is 4.79 Å². The van der Waals surface area contributed by atoms with Crippen molar-refractivity contribution in [2.75, 3.05) is 20.1 Å². The largest absolute Gasteiger partial charge is 0.349 e. The first kappa shape index (κ1) is 20.2. The van der Waals surface area contributed by atoms with E-state index in [9.17, 15) is 13.2 Å². The lowest BCUT2D eigenvalue weighted by Gasteiger charge is -2.24. The molecule has 3 rings (SSSR count). The first-order valence-electron chi connectivity index (χ1n) is 8.43. The molecule has 1 aromatic carbocycles. The lowest BCUT2D eigenvalue weighted by Crippen LogP contribution is -2.34. The summed E-state index contributed by atoms with van der Waals surface area (Å²) in [5.74, 6) is 0.192. The van der Waals surface area contributed by atoms with Crippen LogP contribution < -0.4 is 15.4 Å². The van der Waals surface area contributed by atoms with Crippen molar-refractivity contribution < 1.29 is 13.2 Å². The molecule has 140 valence electrons. The lowest BCUT2D eigenvalue weighted by atomic mass is 9.91. The molecule has 0 aromatic heterocycles. The zero-order valence-electron chi connectivity index (χ0n) is 14.5. The van der Waals surface area contributed by atoms with E-state index >= 15 is 0 Å². The maximum absolute atomic E-state index is 12.5. The number of hydrogen-bond acceptors (Lipinski definition) is 4. The summed E-state index contributed by atoms with van der Waals surface area (Å²) in [5.41, 5.74) is 0.992. The fourth-order valence-electron chi connectivity index (χ4n) is 3.66. The molecule has 1 heterocycles. The molecule has 2 fully saturated rings. The Morgan fingerprint density at radius 3 is 2.64 bits per heavy atom. The van der Waals surface area contributed by atoms with Gasteiger partial charge < -0.3 is 10.6 Å². The van der Waals surface area contributed by atoms with Crippen molar-refractivity contribution in [2.45, 2.75) is 37.1 Å². The van der Waals surface area contributed by atoms with E-state index in [-0.39, 0.29) is 40.6 Å². The fraction of sp³-hybridized carbons (Fsp3) is 0.588. The second-order valence-electron chi connectivity index (χ2n) is 6.88. The molecule has 0 radical (unpaired) electrons. The Bertz CT molecular complexity index is 732. The molecule has 1 aliphatic carbocycles. The van der Waals surface area contributed by atoms with Crippen molar-refractivity contribution in [3.8, 4) is 0 Å². The van der Waals surface area contributed by atoms with Gasteiger partial charge >= 0.3 is 0 Å². The summed E-state index contributed by atoms with van der Waals surface area (Å²) >= 11 is 0. The molecule has 1 spiro atoms. The number of benzene rings is 1. The smallest absolute Gasteiger partial charge is 0.240 e. The molecule has 0 bridgehead atoms. The van der Waals surface area contributed by atoms with Gasteiger partial charge in [-0.2, -0.15) is 0 Å². The van der Waals surface area contributed by atoms with Crippen LogP contribution in [0.5, 0.6) is 0 Å². The fourth-order valence-corrected chi connectivity index (χ4v) is 4.45. The number of carbonyl (C=O) groups is 1. The molecule has 1 aromatic rings. The van der Waals surface area contributed by atoms with Crippen molar-refractivity contribution in [3.05, 3.63) is 29.8 Å². The van der Waals surface area contributed by atoms with Crippen LogP contribution in [0.2, 0.25) is 0 Å². The van der Waals surface area contributed by atoms with Crippen LogP contribution in [0.3, 0.4) is 0 Å². The van der Waals surface area contributed by atoms with Crippen LogP contribution >= 0.6 is 12.4 Å². The zero-order chi connectivity index (χ0) is 17.4. The molecule has 25 heavy (non-hydrogen) atoms. The van der Waals surface area contributed by atoms with Gasteiger partial charge in [-0.15, -0.1) is 12.4 Å². The minimum atomic E-state index is -3.48. The molecule has 1 saturated heterocycles. The van der Waals surface area contributed by atoms with E-state index in [0.29, 0.717) is 0 Å². The summed E-state index contributed by atoms with van der Waals surface area (Å²) in [6.07, 6.45) is 3.10. The normalized spacial score (nSPS) is 22.7. The third-order valence-corrected chi connectivity index (χ3v) is 6.81. The summed E-state index contributed by atoms with van der Waals surface area (Å²) in [4.78, 5) is 12.8. The first-order chi connectivity index (χ1) is 11.4. The SMILES string of the molecule is CNS(=O)(=O)c1cccc(C(C)NC(=O)C2CC23CCNCC3)c1.Cl. The van der Waals surface area contributed by atoms with Crippen LogP contribution in [-0.2, 0) is 14.8 Å². The number of hydrogen-bond donors (Lipinski definition) is 3. The Morgan fingerprint density at radius 2 is 2.00 bits per heavy atom. The number of rotatable bonds is 5. The summed E-state index contributed by atoms with van der Waals surface area (Å²) < 4.78 is 26.1. The second-order valence-corrected chi connectivity index (χ2v) is 8.77. The van der Waals surface area contributed by atoms with Gasteiger partial charge in [0.25, 0.3) is 0 Å². The molecular weight excluding hydrogens is 362 g/mol.